The van der Waals surface area contributed by atoms with Crippen LogP contribution in [0.15, 0.2) is 24.4 Å². The van der Waals surface area contributed by atoms with Crippen LogP contribution in [0, 0.1) is 0 Å². The Hall–Kier alpha value is -1.55. The summed E-state index contributed by atoms with van der Waals surface area (Å²) in [4.78, 5) is 0. The van der Waals surface area contributed by atoms with Gasteiger partial charge < -0.3 is 9.47 Å². The van der Waals surface area contributed by atoms with Crippen LogP contribution in [-0.2, 0) is 4.74 Å². The van der Waals surface area contributed by atoms with Crippen LogP contribution in [0.3, 0.4) is 0 Å². The second-order valence-corrected chi connectivity index (χ2v) is 3.35. The second-order valence-electron chi connectivity index (χ2n) is 3.35. The maximum atomic E-state index is 5.62. The molecule has 72 valence electrons. The summed E-state index contributed by atoms with van der Waals surface area (Å²) in [6, 6.07) is 5.87. The van der Waals surface area contributed by atoms with Gasteiger partial charge in [0.1, 0.15) is 18.5 Å². The zero-order valence-corrected chi connectivity index (χ0v) is 7.56. The number of H-pyrrole nitrogens is 1. The molecule has 4 heteroatoms. The lowest BCUT2D eigenvalue weighted by atomic mass is 10.2. The first kappa shape index (κ1) is 7.82. The number of hydrogen-bond donors (Lipinski definition) is 1. The molecule has 0 saturated carbocycles. The predicted molar refractivity (Wildman–Crippen MR) is 51.3 cm³/mol. The quantitative estimate of drug-likeness (QED) is 0.743. The van der Waals surface area contributed by atoms with Gasteiger partial charge in [0.25, 0.3) is 0 Å². The van der Waals surface area contributed by atoms with E-state index < -0.39 is 0 Å². The van der Waals surface area contributed by atoms with Gasteiger partial charge >= 0.3 is 0 Å². The Labute approximate surface area is 80.8 Å². The molecule has 2 heterocycles. The molecule has 2 aromatic rings. The van der Waals surface area contributed by atoms with E-state index in [2.05, 4.69) is 10.2 Å². The van der Waals surface area contributed by atoms with Crippen molar-refractivity contribution in [3.8, 4) is 5.75 Å². The molecular formula is C10H10N2O2. The summed E-state index contributed by atoms with van der Waals surface area (Å²) in [6.07, 6.45) is 2.07. The number of nitrogens with one attached hydrogen (secondary N) is 1. The Morgan fingerprint density at radius 1 is 1.57 bits per heavy atom. The lowest BCUT2D eigenvalue weighted by Gasteiger charge is -2.04. The number of nitrogens with zero attached hydrogens (tertiary/aromatic N) is 1. The van der Waals surface area contributed by atoms with Crippen LogP contribution in [0.4, 0.5) is 0 Å². The Balaban J connectivity index is 1.89. The molecule has 1 atom stereocenters. The van der Waals surface area contributed by atoms with Gasteiger partial charge in [0.15, 0.2) is 0 Å². The number of rotatable bonds is 3. The number of fused-ring (bicyclic) bond motifs is 1. The summed E-state index contributed by atoms with van der Waals surface area (Å²) in [7, 11) is 0. The summed E-state index contributed by atoms with van der Waals surface area (Å²) in [5.41, 5.74) is 0.999. The molecule has 1 N–H and O–H groups in total. The van der Waals surface area contributed by atoms with Gasteiger partial charge in [-0.25, -0.2) is 0 Å². The SMILES string of the molecule is c1cc(OCC2CO2)c2cn[nH]c2c1. The Bertz CT molecular complexity index is 448. The van der Waals surface area contributed by atoms with Gasteiger partial charge in [0.2, 0.25) is 0 Å². The number of epoxide rings is 1. The summed E-state index contributed by atoms with van der Waals surface area (Å²) >= 11 is 0. The zero-order chi connectivity index (χ0) is 9.38. The largest absolute Gasteiger partial charge is 0.490 e. The molecule has 1 unspecified atom stereocenters. The van der Waals surface area contributed by atoms with E-state index in [1.54, 1.807) is 6.20 Å². The van der Waals surface area contributed by atoms with Crippen LogP contribution in [0.5, 0.6) is 5.75 Å². The highest BCUT2D eigenvalue weighted by Gasteiger charge is 2.23. The monoisotopic (exact) mass is 190 g/mol. The first-order valence-corrected chi connectivity index (χ1v) is 4.60. The van der Waals surface area contributed by atoms with Gasteiger partial charge in [-0.2, -0.15) is 5.10 Å². The van der Waals surface area contributed by atoms with Crippen LogP contribution in [0.25, 0.3) is 10.9 Å². The van der Waals surface area contributed by atoms with E-state index in [4.69, 9.17) is 9.47 Å². The zero-order valence-electron chi connectivity index (χ0n) is 7.56. The van der Waals surface area contributed by atoms with E-state index in [0.29, 0.717) is 6.61 Å². The highest BCUT2D eigenvalue weighted by atomic mass is 16.6. The fourth-order valence-electron chi connectivity index (χ4n) is 1.41. The first-order valence-electron chi connectivity index (χ1n) is 4.60. The van der Waals surface area contributed by atoms with Crippen LogP contribution in [0.1, 0.15) is 0 Å². The number of hydrogen-bond acceptors (Lipinski definition) is 3. The van der Waals surface area contributed by atoms with Gasteiger partial charge in [-0.05, 0) is 12.1 Å². The number of aromatic nitrogens is 2. The smallest absolute Gasteiger partial charge is 0.130 e. The molecular weight excluding hydrogens is 180 g/mol. The molecule has 0 spiro atoms. The van der Waals surface area contributed by atoms with Gasteiger partial charge in [-0.15, -0.1) is 0 Å². The maximum Gasteiger partial charge on any atom is 0.130 e. The molecule has 1 fully saturated rings. The van der Waals surface area contributed by atoms with E-state index in [0.717, 1.165) is 23.3 Å². The Morgan fingerprint density at radius 2 is 2.50 bits per heavy atom. The third-order valence-corrected chi connectivity index (χ3v) is 2.27. The molecule has 1 aromatic carbocycles. The topological polar surface area (TPSA) is 50.4 Å². The van der Waals surface area contributed by atoms with E-state index in [1.165, 1.54) is 0 Å². The molecule has 1 saturated heterocycles. The van der Waals surface area contributed by atoms with Crippen LogP contribution < -0.4 is 4.74 Å². The molecule has 0 amide bonds. The van der Waals surface area contributed by atoms with Crippen LogP contribution in [-0.4, -0.2) is 29.5 Å². The molecule has 0 aliphatic carbocycles. The molecule has 0 bridgehead atoms. The van der Waals surface area contributed by atoms with Crippen LogP contribution in [0.2, 0.25) is 0 Å². The number of benzene rings is 1. The van der Waals surface area contributed by atoms with Crippen molar-refractivity contribution in [1.82, 2.24) is 10.2 Å². The third kappa shape index (κ3) is 1.33. The molecule has 1 aliphatic heterocycles. The Kier molecular flexibility index (Phi) is 1.67. The molecule has 14 heavy (non-hydrogen) atoms. The van der Waals surface area contributed by atoms with Crippen molar-refractivity contribution in [2.45, 2.75) is 6.10 Å². The fraction of sp³-hybridized carbons (Fsp3) is 0.300. The first-order chi connectivity index (χ1) is 6.93. The van der Waals surface area contributed by atoms with Gasteiger partial charge in [-0.1, -0.05) is 6.07 Å². The van der Waals surface area contributed by atoms with Gasteiger partial charge in [0.05, 0.1) is 23.7 Å². The van der Waals surface area contributed by atoms with E-state index in [1.807, 2.05) is 18.2 Å². The number of ether oxygens (including phenoxy) is 2. The average molecular weight is 190 g/mol. The third-order valence-electron chi connectivity index (χ3n) is 2.27. The van der Waals surface area contributed by atoms with Gasteiger partial charge in [-0.3, -0.25) is 5.10 Å². The lowest BCUT2D eigenvalue weighted by Crippen LogP contribution is -2.03. The summed E-state index contributed by atoms with van der Waals surface area (Å²) in [5.74, 6) is 0.867. The summed E-state index contributed by atoms with van der Waals surface area (Å²) in [6.45, 7) is 1.45. The van der Waals surface area contributed by atoms with Crippen molar-refractivity contribution in [2.75, 3.05) is 13.2 Å². The van der Waals surface area contributed by atoms with Crippen molar-refractivity contribution < 1.29 is 9.47 Å². The van der Waals surface area contributed by atoms with Crippen molar-refractivity contribution >= 4 is 10.9 Å². The van der Waals surface area contributed by atoms with Gasteiger partial charge in [0, 0.05) is 0 Å². The highest BCUT2D eigenvalue weighted by Crippen LogP contribution is 2.24. The maximum absolute atomic E-state index is 5.62. The lowest BCUT2D eigenvalue weighted by molar-refractivity contribution is 0.265. The normalized spacial score (nSPS) is 19.9. The fourth-order valence-corrected chi connectivity index (χ4v) is 1.41. The van der Waals surface area contributed by atoms with Crippen molar-refractivity contribution in [3.05, 3.63) is 24.4 Å². The minimum atomic E-state index is 0.289. The molecule has 4 nitrogen and oxygen atoms in total. The van der Waals surface area contributed by atoms with E-state index in [-0.39, 0.29) is 6.10 Å². The standard InChI is InChI=1S/C10H10N2O2/c1-2-9-8(4-11-12-9)10(3-1)14-6-7-5-13-7/h1-4,7H,5-6H2,(H,11,12). The minimum Gasteiger partial charge on any atom is -0.490 e. The van der Waals surface area contributed by atoms with Crippen LogP contribution >= 0.6 is 0 Å². The van der Waals surface area contributed by atoms with E-state index in [9.17, 15) is 0 Å². The second kappa shape index (κ2) is 2.99. The minimum absolute atomic E-state index is 0.289. The van der Waals surface area contributed by atoms with E-state index >= 15 is 0 Å². The Morgan fingerprint density at radius 3 is 3.36 bits per heavy atom. The molecule has 1 aliphatic rings. The average Bonchev–Trinajstić information content (AvgIpc) is 2.91. The molecule has 3 rings (SSSR count). The van der Waals surface area contributed by atoms with Crippen molar-refractivity contribution in [3.63, 3.8) is 0 Å². The summed E-state index contributed by atoms with van der Waals surface area (Å²) in [5, 5.41) is 7.89. The highest BCUT2D eigenvalue weighted by molar-refractivity contribution is 5.84. The van der Waals surface area contributed by atoms with Crippen molar-refractivity contribution in [2.24, 2.45) is 0 Å². The number of aromatic amines is 1. The van der Waals surface area contributed by atoms with Crippen molar-refractivity contribution in [1.29, 1.82) is 0 Å². The molecule has 0 radical (unpaired) electrons. The summed E-state index contributed by atoms with van der Waals surface area (Å²) < 4.78 is 10.7. The predicted octanol–water partition coefficient (Wildman–Crippen LogP) is 1.34. The molecule has 1 aromatic heterocycles.